The van der Waals surface area contributed by atoms with Crippen LogP contribution in [0, 0.1) is 0 Å². The maximum absolute atomic E-state index is 11.4. The largest absolute Gasteiger partial charge is 0.350 e. The number of rotatable bonds is 3. The van der Waals surface area contributed by atoms with Gasteiger partial charge >= 0.3 is 6.03 Å². The average Bonchev–Trinajstić information content (AvgIpc) is 3.26. The predicted octanol–water partition coefficient (Wildman–Crippen LogP) is 1.58. The van der Waals surface area contributed by atoms with E-state index in [0.29, 0.717) is 25.2 Å². The lowest BCUT2D eigenvalue weighted by molar-refractivity contribution is 0.189. The molecule has 11 heteroatoms. The van der Waals surface area contributed by atoms with Crippen LogP contribution < -0.4 is 0 Å². The zero-order chi connectivity index (χ0) is 24.1. The Balaban J connectivity index is 0.000000233. The first kappa shape index (κ1) is 27.9. The molecule has 9 nitrogen and oxygen atoms in total. The van der Waals surface area contributed by atoms with Gasteiger partial charge in [-0.05, 0) is 53.8 Å². The van der Waals surface area contributed by atoms with Crippen LogP contribution in [0.25, 0.3) is 0 Å². The molecule has 0 aliphatic carbocycles. The SMILES string of the molecule is CC(C)N1CCN(C)C1=O.CC(C)N1CCN(C)C1=S.CC(C)N1CCN(C)S1(=O)=O. The Morgan fingerprint density at radius 1 is 0.710 bits per heavy atom. The number of amides is 2. The van der Waals surface area contributed by atoms with Crippen molar-refractivity contribution >= 4 is 33.6 Å². The Morgan fingerprint density at radius 2 is 1.19 bits per heavy atom. The van der Waals surface area contributed by atoms with E-state index in [1.54, 1.807) is 11.9 Å². The van der Waals surface area contributed by atoms with Gasteiger partial charge in [0.1, 0.15) is 0 Å². The summed E-state index contributed by atoms with van der Waals surface area (Å²) in [7, 11) is 2.39. The minimum Gasteiger partial charge on any atom is -0.350 e. The lowest BCUT2D eigenvalue weighted by Gasteiger charge is -2.22. The molecule has 0 aromatic carbocycles. The van der Waals surface area contributed by atoms with Gasteiger partial charge in [-0.3, -0.25) is 0 Å². The fourth-order valence-electron chi connectivity index (χ4n) is 3.47. The Bertz CT molecular complexity index is 680. The summed E-state index contributed by atoms with van der Waals surface area (Å²) in [6.45, 7) is 17.4. The van der Waals surface area contributed by atoms with Gasteiger partial charge in [0.25, 0.3) is 10.2 Å². The molecule has 0 aromatic rings. The third-order valence-electron chi connectivity index (χ3n) is 5.65. The molecule has 0 N–H and O–H groups in total. The topological polar surface area (TPSA) is 70.7 Å². The zero-order valence-corrected chi connectivity index (χ0v) is 22.3. The van der Waals surface area contributed by atoms with Crippen molar-refractivity contribution in [3.63, 3.8) is 0 Å². The van der Waals surface area contributed by atoms with Crippen LogP contribution in [0.1, 0.15) is 41.5 Å². The molecule has 0 saturated carbocycles. The molecule has 3 aliphatic heterocycles. The number of urea groups is 1. The van der Waals surface area contributed by atoms with Gasteiger partial charge in [-0.2, -0.15) is 17.0 Å². The van der Waals surface area contributed by atoms with Crippen molar-refractivity contribution in [2.75, 3.05) is 60.4 Å². The number of hydrogen-bond donors (Lipinski definition) is 0. The van der Waals surface area contributed by atoms with Crippen molar-refractivity contribution in [1.82, 2.24) is 28.2 Å². The normalized spacial score (nSPS) is 21.9. The number of thiocarbonyl (C=S) groups is 1. The molecule has 0 aromatic heterocycles. The van der Waals surface area contributed by atoms with Crippen molar-refractivity contribution in [2.45, 2.75) is 59.7 Å². The summed E-state index contributed by atoms with van der Waals surface area (Å²) >= 11 is 5.19. The van der Waals surface area contributed by atoms with Crippen LogP contribution in [0.2, 0.25) is 0 Å². The lowest BCUT2D eigenvalue weighted by atomic mass is 10.3. The quantitative estimate of drug-likeness (QED) is 0.574. The number of carbonyl (C=O) groups excluding carboxylic acids is 1. The molecule has 3 saturated heterocycles. The van der Waals surface area contributed by atoms with Crippen LogP contribution in [0.5, 0.6) is 0 Å². The Hall–Kier alpha value is -1.17. The molecular formula is C20H42N6O3S2. The minimum atomic E-state index is -3.10. The molecular weight excluding hydrogens is 436 g/mol. The predicted molar refractivity (Wildman–Crippen MR) is 130 cm³/mol. The van der Waals surface area contributed by atoms with Crippen molar-refractivity contribution in [3.8, 4) is 0 Å². The average molecular weight is 479 g/mol. The summed E-state index contributed by atoms with van der Waals surface area (Å²) in [5, 5.41) is 0.995. The Labute approximate surface area is 195 Å². The first-order valence-corrected chi connectivity index (χ1v) is 12.8. The highest BCUT2D eigenvalue weighted by Gasteiger charge is 2.35. The second-order valence-electron chi connectivity index (χ2n) is 9.02. The van der Waals surface area contributed by atoms with E-state index in [0.717, 1.165) is 31.3 Å². The fourth-order valence-corrected chi connectivity index (χ4v) is 5.38. The van der Waals surface area contributed by atoms with Crippen molar-refractivity contribution in [1.29, 1.82) is 0 Å². The second kappa shape index (κ2) is 11.6. The summed E-state index contributed by atoms with van der Waals surface area (Å²) in [6.07, 6.45) is 0. The van der Waals surface area contributed by atoms with Gasteiger partial charge < -0.3 is 19.6 Å². The summed E-state index contributed by atoms with van der Waals surface area (Å²) in [4.78, 5) is 19.2. The highest BCUT2D eigenvalue weighted by Crippen LogP contribution is 2.16. The van der Waals surface area contributed by atoms with Gasteiger partial charge in [-0.1, -0.05) is 0 Å². The smallest absolute Gasteiger partial charge is 0.320 e. The van der Waals surface area contributed by atoms with Crippen molar-refractivity contribution < 1.29 is 13.2 Å². The molecule has 2 amide bonds. The van der Waals surface area contributed by atoms with Gasteiger partial charge in [0.2, 0.25) is 0 Å². The molecule has 3 fully saturated rings. The maximum Gasteiger partial charge on any atom is 0.320 e. The highest BCUT2D eigenvalue weighted by atomic mass is 32.2. The summed E-state index contributed by atoms with van der Waals surface area (Å²) < 4.78 is 25.7. The van der Waals surface area contributed by atoms with Crippen LogP contribution in [0.4, 0.5) is 4.79 Å². The molecule has 3 heterocycles. The number of carbonyl (C=O) groups is 1. The molecule has 3 aliphatic rings. The van der Waals surface area contributed by atoms with E-state index in [4.69, 9.17) is 12.2 Å². The summed E-state index contributed by atoms with van der Waals surface area (Å²) in [5.41, 5.74) is 0. The maximum atomic E-state index is 11.4. The highest BCUT2D eigenvalue weighted by molar-refractivity contribution is 7.87. The van der Waals surface area contributed by atoms with Crippen LogP contribution >= 0.6 is 12.2 Å². The van der Waals surface area contributed by atoms with Crippen molar-refractivity contribution in [3.05, 3.63) is 0 Å². The van der Waals surface area contributed by atoms with Gasteiger partial charge in [-0.25, -0.2) is 4.79 Å². The third kappa shape index (κ3) is 7.16. The number of likely N-dealkylation sites (N-methyl/N-ethyl adjacent to an activating group) is 3. The molecule has 0 radical (unpaired) electrons. The molecule has 182 valence electrons. The molecule has 0 unspecified atom stereocenters. The van der Waals surface area contributed by atoms with Crippen LogP contribution in [-0.2, 0) is 10.2 Å². The van der Waals surface area contributed by atoms with Gasteiger partial charge in [0.15, 0.2) is 5.11 Å². The summed E-state index contributed by atoms with van der Waals surface area (Å²) in [6, 6.07) is 1.13. The standard InChI is InChI=1S/C7H14N2O.C7H14N2S.C6H14N2O2S/c2*1-6(2)9-5-4-8(3)7(9)10;1-6(2)8-5-4-7(3)11(8,9)10/h2*6H,4-5H2,1-3H3;6H,4-5H2,1-3H3. The molecule has 0 spiro atoms. The number of hydrogen-bond acceptors (Lipinski definition) is 4. The number of nitrogens with zero attached hydrogens (tertiary/aromatic N) is 6. The summed E-state index contributed by atoms with van der Waals surface area (Å²) in [5.74, 6) is 0. The van der Waals surface area contributed by atoms with E-state index in [9.17, 15) is 13.2 Å². The second-order valence-corrected chi connectivity index (χ2v) is 11.4. The van der Waals surface area contributed by atoms with E-state index < -0.39 is 10.2 Å². The molecule has 0 bridgehead atoms. The van der Waals surface area contributed by atoms with Gasteiger partial charge in [0.05, 0.1) is 0 Å². The van der Waals surface area contributed by atoms with Crippen molar-refractivity contribution in [2.24, 2.45) is 0 Å². The fraction of sp³-hybridized carbons (Fsp3) is 0.900. The monoisotopic (exact) mass is 478 g/mol. The van der Waals surface area contributed by atoms with E-state index in [-0.39, 0.29) is 12.1 Å². The van der Waals surface area contributed by atoms with Crippen LogP contribution in [0.3, 0.4) is 0 Å². The first-order chi connectivity index (χ1) is 14.2. The third-order valence-corrected chi connectivity index (χ3v) is 8.36. The van der Waals surface area contributed by atoms with Gasteiger partial charge in [-0.15, -0.1) is 0 Å². The van der Waals surface area contributed by atoms with E-state index in [1.165, 1.54) is 8.61 Å². The molecule has 3 rings (SSSR count). The van der Waals surface area contributed by atoms with E-state index >= 15 is 0 Å². The van der Waals surface area contributed by atoms with Gasteiger partial charge in [0, 0.05) is 78.5 Å². The zero-order valence-electron chi connectivity index (χ0n) is 20.7. The Kier molecular flexibility index (Phi) is 10.4. The Morgan fingerprint density at radius 3 is 1.39 bits per heavy atom. The van der Waals surface area contributed by atoms with Crippen LogP contribution in [0.15, 0.2) is 0 Å². The first-order valence-electron chi connectivity index (χ1n) is 11.0. The van der Waals surface area contributed by atoms with E-state index in [2.05, 4.69) is 23.6 Å². The minimum absolute atomic E-state index is 0.0740. The molecule has 31 heavy (non-hydrogen) atoms. The van der Waals surface area contributed by atoms with E-state index in [1.807, 2.05) is 46.7 Å². The van der Waals surface area contributed by atoms with Crippen LogP contribution in [-0.4, -0.2) is 126 Å². The lowest BCUT2D eigenvalue weighted by Crippen LogP contribution is -2.35. The molecule has 0 atom stereocenters.